The first kappa shape index (κ1) is 13.7. The highest BCUT2D eigenvalue weighted by Crippen LogP contribution is 2.30. The fraction of sp³-hybridized carbons (Fsp3) is 0.250. The Morgan fingerprint density at radius 2 is 2.10 bits per heavy atom. The molecule has 0 saturated carbocycles. The van der Waals surface area contributed by atoms with Crippen LogP contribution in [0.4, 0.5) is 0 Å². The van der Waals surface area contributed by atoms with Crippen LogP contribution in [0.3, 0.4) is 0 Å². The number of hydrogen-bond acceptors (Lipinski definition) is 4. The van der Waals surface area contributed by atoms with E-state index < -0.39 is 0 Å². The average Bonchev–Trinajstić information content (AvgIpc) is 3.01. The second kappa shape index (κ2) is 5.58. The number of ether oxygens (including phenoxy) is 1. The molecule has 0 spiro atoms. The zero-order chi connectivity index (χ0) is 14.8. The van der Waals surface area contributed by atoms with Gasteiger partial charge < -0.3 is 4.74 Å². The van der Waals surface area contributed by atoms with E-state index in [-0.39, 0.29) is 0 Å². The maximum atomic E-state index is 9.01. The Kier molecular flexibility index (Phi) is 3.63. The highest BCUT2D eigenvalue weighted by molar-refractivity contribution is 7.15. The summed E-state index contributed by atoms with van der Waals surface area (Å²) in [5, 5.41) is 11.1. The minimum atomic E-state index is 0.369. The Bertz CT molecular complexity index is 809. The monoisotopic (exact) mass is 297 g/mol. The Balaban J connectivity index is 2.09. The summed E-state index contributed by atoms with van der Waals surface area (Å²) in [6.45, 7) is 4.59. The first-order valence-corrected chi connectivity index (χ1v) is 7.68. The molecule has 0 radical (unpaired) electrons. The summed E-state index contributed by atoms with van der Waals surface area (Å²) >= 11 is 1.60. The van der Waals surface area contributed by atoms with Gasteiger partial charge in [-0.15, -0.1) is 11.3 Å². The average molecular weight is 297 g/mol. The van der Waals surface area contributed by atoms with Crippen LogP contribution < -0.4 is 4.74 Å². The van der Waals surface area contributed by atoms with E-state index in [1.165, 1.54) is 0 Å². The third-order valence-electron chi connectivity index (χ3n) is 3.37. The standard InChI is InChI=1S/C16H15N3OS/c1-3-20-13-6-4-12(5-7-13)15-10-21-16-18-11(2)14(8-9-17)19(15)16/h4-7,10H,3,8H2,1-2H3. The summed E-state index contributed by atoms with van der Waals surface area (Å²) in [7, 11) is 0. The molecule has 0 N–H and O–H groups in total. The third-order valence-corrected chi connectivity index (χ3v) is 4.19. The number of nitriles is 1. The zero-order valence-corrected chi connectivity index (χ0v) is 12.8. The van der Waals surface area contributed by atoms with Gasteiger partial charge in [0, 0.05) is 5.38 Å². The number of nitrogens with zero attached hydrogens (tertiary/aromatic N) is 3. The fourth-order valence-corrected chi connectivity index (χ4v) is 3.35. The van der Waals surface area contributed by atoms with E-state index in [4.69, 9.17) is 10.00 Å². The molecule has 2 aromatic heterocycles. The van der Waals surface area contributed by atoms with Crippen molar-refractivity contribution in [2.45, 2.75) is 20.3 Å². The molecule has 0 aliphatic heterocycles. The van der Waals surface area contributed by atoms with Gasteiger partial charge in [-0.25, -0.2) is 4.98 Å². The lowest BCUT2D eigenvalue weighted by atomic mass is 10.1. The van der Waals surface area contributed by atoms with Crippen LogP contribution in [-0.2, 0) is 6.42 Å². The molecule has 3 aromatic rings. The number of aromatic nitrogens is 2. The molecule has 0 unspecified atom stereocenters. The molecule has 0 aliphatic carbocycles. The summed E-state index contributed by atoms with van der Waals surface area (Å²) in [4.78, 5) is 5.46. The van der Waals surface area contributed by atoms with Gasteiger partial charge in [-0.2, -0.15) is 5.26 Å². The Labute approximate surface area is 127 Å². The second-order valence-electron chi connectivity index (χ2n) is 4.68. The van der Waals surface area contributed by atoms with Crippen molar-refractivity contribution in [3.63, 3.8) is 0 Å². The van der Waals surface area contributed by atoms with Crippen LogP contribution in [0.5, 0.6) is 5.75 Å². The van der Waals surface area contributed by atoms with Crippen molar-refractivity contribution in [3.05, 3.63) is 41.0 Å². The van der Waals surface area contributed by atoms with Gasteiger partial charge in [0.1, 0.15) is 5.75 Å². The molecule has 0 fully saturated rings. The van der Waals surface area contributed by atoms with Crippen molar-refractivity contribution >= 4 is 16.3 Å². The van der Waals surface area contributed by atoms with E-state index >= 15 is 0 Å². The minimum Gasteiger partial charge on any atom is -0.494 e. The molecule has 0 saturated heterocycles. The molecule has 0 atom stereocenters. The van der Waals surface area contributed by atoms with Crippen LogP contribution in [0.2, 0.25) is 0 Å². The summed E-state index contributed by atoms with van der Waals surface area (Å²) in [6.07, 6.45) is 0.369. The molecule has 2 heterocycles. The van der Waals surface area contributed by atoms with Crippen molar-refractivity contribution < 1.29 is 4.74 Å². The minimum absolute atomic E-state index is 0.369. The van der Waals surface area contributed by atoms with Gasteiger partial charge in [0.25, 0.3) is 0 Å². The van der Waals surface area contributed by atoms with Crippen molar-refractivity contribution in [2.75, 3.05) is 6.61 Å². The first-order chi connectivity index (χ1) is 10.2. The van der Waals surface area contributed by atoms with Crippen molar-refractivity contribution in [1.29, 1.82) is 5.26 Å². The predicted octanol–water partition coefficient (Wildman–Crippen LogP) is 3.84. The smallest absolute Gasteiger partial charge is 0.194 e. The highest BCUT2D eigenvalue weighted by atomic mass is 32.1. The van der Waals surface area contributed by atoms with E-state index in [0.29, 0.717) is 13.0 Å². The highest BCUT2D eigenvalue weighted by Gasteiger charge is 2.14. The molecule has 1 aromatic carbocycles. The van der Waals surface area contributed by atoms with Crippen LogP contribution >= 0.6 is 11.3 Å². The summed E-state index contributed by atoms with van der Waals surface area (Å²) in [6, 6.07) is 10.2. The SMILES string of the molecule is CCOc1ccc(-c2csc3nc(C)c(CC#N)n23)cc1. The fourth-order valence-electron chi connectivity index (χ4n) is 2.39. The maximum Gasteiger partial charge on any atom is 0.194 e. The largest absolute Gasteiger partial charge is 0.494 e. The Morgan fingerprint density at radius 3 is 2.76 bits per heavy atom. The van der Waals surface area contributed by atoms with E-state index in [9.17, 15) is 0 Å². The molecular formula is C16H15N3OS. The molecular weight excluding hydrogens is 282 g/mol. The lowest BCUT2D eigenvalue weighted by Crippen LogP contribution is -1.95. The van der Waals surface area contributed by atoms with Crippen LogP contribution in [0, 0.1) is 18.3 Å². The van der Waals surface area contributed by atoms with E-state index in [2.05, 4.69) is 20.8 Å². The number of benzene rings is 1. The van der Waals surface area contributed by atoms with Gasteiger partial charge in [0.2, 0.25) is 0 Å². The summed E-state index contributed by atoms with van der Waals surface area (Å²) in [5.74, 6) is 0.867. The predicted molar refractivity (Wildman–Crippen MR) is 83.7 cm³/mol. The van der Waals surface area contributed by atoms with E-state index in [1.807, 2.05) is 38.1 Å². The second-order valence-corrected chi connectivity index (χ2v) is 5.51. The number of thiazole rings is 1. The number of fused-ring (bicyclic) bond motifs is 1. The van der Waals surface area contributed by atoms with Crippen LogP contribution in [0.1, 0.15) is 18.3 Å². The van der Waals surface area contributed by atoms with Crippen molar-refractivity contribution in [3.8, 4) is 23.1 Å². The number of imidazole rings is 1. The van der Waals surface area contributed by atoms with Gasteiger partial charge >= 0.3 is 0 Å². The Hall–Kier alpha value is -2.32. The van der Waals surface area contributed by atoms with Gasteiger partial charge in [-0.3, -0.25) is 4.40 Å². The van der Waals surface area contributed by atoms with Crippen LogP contribution in [-0.4, -0.2) is 16.0 Å². The molecule has 106 valence electrons. The van der Waals surface area contributed by atoms with E-state index in [1.54, 1.807) is 11.3 Å². The topological polar surface area (TPSA) is 50.3 Å². The normalized spacial score (nSPS) is 10.7. The molecule has 3 rings (SSSR count). The number of hydrogen-bond donors (Lipinski definition) is 0. The first-order valence-electron chi connectivity index (χ1n) is 6.80. The van der Waals surface area contributed by atoms with Gasteiger partial charge in [0.05, 0.1) is 36.2 Å². The quantitative estimate of drug-likeness (QED) is 0.735. The third kappa shape index (κ3) is 2.39. The lowest BCUT2D eigenvalue weighted by molar-refractivity contribution is 0.340. The van der Waals surface area contributed by atoms with Gasteiger partial charge in [-0.1, -0.05) is 0 Å². The number of rotatable bonds is 4. The summed E-state index contributed by atoms with van der Waals surface area (Å²) < 4.78 is 7.55. The van der Waals surface area contributed by atoms with Crippen molar-refractivity contribution in [1.82, 2.24) is 9.38 Å². The van der Waals surface area contributed by atoms with Crippen molar-refractivity contribution in [2.24, 2.45) is 0 Å². The molecule has 0 bridgehead atoms. The molecule has 0 aliphatic rings. The van der Waals surface area contributed by atoms with E-state index in [0.717, 1.165) is 33.4 Å². The molecule has 4 nitrogen and oxygen atoms in total. The molecule has 5 heteroatoms. The Morgan fingerprint density at radius 1 is 1.33 bits per heavy atom. The van der Waals surface area contributed by atoms with Crippen LogP contribution in [0.15, 0.2) is 29.6 Å². The zero-order valence-electron chi connectivity index (χ0n) is 12.0. The molecule has 0 amide bonds. The van der Waals surface area contributed by atoms with Crippen LogP contribution in [0.25, 0.3) is 16.2 Å². The lowest BCUT2D eigenvalue weighted by Gasteiger charge is -2.06. The van der Waals surface area contributed by atoms with Gasteiger partial charge in [0.15, 0.2) is 4.96 Å². The summed E-state index contributed by atoms with van der Waals surface area (Å²) in [5.41, 5.74) is 4.07. The number of aryl methyl sites for hydroxylation is 1. The maximum absolute atomic E-state index is 9.01. The molecule has 21 heavy (non-hydrogen) atoms. The van der Waals surface area contributed by atoms with Gasteiger partial charge in [-0.05, 0) is 43.7 Å².